The van der Waals surface area contributed by atoms with E-state index < -0.39 is 0 Å². The van der Waals surface area contributed by atoms with Crippen molar-refractivity contribution in [2.45, 2.75) is 10.6 Å². The van der Waals surface area contributed by atoms with Crippen molar-refractivity contribution in [3.05, 3.63) is 54.6 Å². The van der Waals surface area contributed by atoms with Gasteiger partial charge in [-0.3, -0.25) is 9.97 Å². The van der Waals surface area contributed by atoms with Crippen LogP contribution in [0.2, 0.25) is 0 Å². The van der Waals surface area contributed by atoms with E-state index in [-0.39, 0.29) is 0 Å². The molecule has 14 heavy (non-hydrogen) atoms. The average Bonchev–Trinajstić information content (AvgIpc) is 2.29. The first-order chi connectivity index (χ1) is 6.95. The van der Waals surface area contributed by atoms with E-state index in [1.165, 1.54) is 10.5 Å². The van der Waals surface area contributed by atoms with E-state index in [1.807, 2.05) is 49.1 Å². The van der Waals surface area contributed by atoms with Crippen LogP contribution in [-0.4, -0.2) is 9.97 Å². The maximum Gasteiger partial charge on any atom is 0.0278 e. The fourth-order valence-corrected chi connectivity index (χ4v) is 1.92. The summed E-state index contributed by atoms with van der Waals surface area (Å²) in [5, 5.41) is 0. The Kier molecular flexibility index (Phi) is 3.14. The Bertz CT molecular complexity index is 336. The number of aromatic nitrogens is 2. The lowest BCUT2D eigenvalue weighted by Crippen LogP contribution is -1.80. The number of thioether (sulfide) groups is 1. The van der Waals surface area contributed by atoms with Crippen molar-refractivity contribution >= 4 is 11.8 Å². The van der Waals surface area contributed by atoms with Crippen LogP contribution in [0.3, 0.4) is 0 Å². The molecule has 0 atom stereocenters. The summed E-state index contributed by atoms with van der Waals surface area (Å²) < 4.78 is 0. The quantitative estimate of drug-likeness (QED) is 0.716. The van der Waals surface area contributed by atoms with Crippen molar-refractivity contribution < 1.29 is 0 Å². The van der Waals surface area contributed by atoms with Crippen molar-refractivity contribution in [3.8, 4) is 0 Å². The number of hydrogen-bond donors (Lipinski definition) is 0. The summed E-state index contributed by atoms with van der Waals surface area (Å²) in [5.41, 5.74) is 1.29. The van der Waals surface area contributed by atoms with Crippen LogP contribution >= 0.6 is 11.8 Å². The van der Waals surface area contributed by atoms with Crippen LogP contribution < -0.4 is 0 Å². The molecule has 0 saturated heterocycles. The van der Waals surface area contributed by atoms with Crippen molar-refractivity contribution in [1.29, 1.82) is 0 Å². The van der Waals surface area contributed by atoms with E-state index in [4.69, 9.17) is 0 Å². The van der Waals surface area contributed by atoms with Gasteiger partial charge in [0.05, 0.1) is 0 Å². The standard InChI is InChI=1S/C11H10N2S/c1-5-12-6-2-10(1)9-14-11-3-7-13-8-4-11/h1-8H,9H2. The monoisotopic (exact) mass is 202 g/mol. The second-order valence-corrected chi connectivity index (χ2v) is 3.88. The zero-order valence-corrected chi connectivity index (χ0v) is 8.45. The molecule has 2 aromatic rings. The van der Waals surface area contributed by atoms with Gasteiger partial charge < -0.3 is 0 Å². The number of hydrogen-bond acceptors (Lipinski definition) is 3. The van der Waals surface area contributed by atoms with Gasteiger partial charge in [-0.2, -0.15) is 0 Å². The predicted octanol–water partition coefficient (Wildman–Crippen LogP) is 2.77. The topological polar surface area (TPSA) is 25.8 Å². The van der Waals surface area contributed by atoms with Crippen molar-refractivity contribution in [2.24, 2.45) is 0 Å². The Labute approximate surface area is 87.4 Å². The van der Waals surface area contributed by atoms with Gasteiger partial charge in [-0.15, -0.1) is 11.8 Å². The van der Waals surface area contributed by atoms with E-state index in [9.17, 15) is 0 Å². The molecule has 0 amide bonds. The third kappa shape index (κ3) is 2.57. The van der Waals surface area contributed by atoms with E-state index in [0.29, 0.717) is 0 Å². The van der Waals surface area contributed by atoms with Crippen LogP contribution in [0.1, 0.15) is 5.56 Å². The summed E-state index contributed by atoms with van der Waals surface area (Å²) in [5.74, 6) is 0.979. The van der Waals surface area contributed by atoms with Gasteiger partial charge in [0.2, 0.25) is 0 Å². The first-order valence-electron chi connectivity index (χ1n) is 4.37. The minimum Gasteiger partial charge on any atom is -0.265 e. The molecule has 0 bridgehead atoms. The molecule has 0 saturated carbocycles. The van der Waals surface area contributed by atoms with Crippen LogP contribution in [0.4, 0.5) is 0 Å². The predicted molar refractivity (Wildman–Crippen MR) is 58.0 cm³/mol. The second-order valence-electron chi connectivity index (χ2n) is 2.83. The molecule has 0 aliphatic heterocycles. The zero-order chi connectivity index (χ0) is 9.64. The largest absolute Gasteiger partial charge is 0.265 e. The molecule has 70 valence electrons. The highest BCUT2D eigenvalue weighted by Crippen LogP contribution is 2.20. The summed E-state index contributed by atoms with van der Waals surface area (Å²) in [6.45, 7) is 0. The Hall–Kier alpha value is -1.35. The van der Waals surface area contributed by atoms with Crippen LogP contribution in [0, 0.1) is 0 Å². The molecule has 3 heteroatoms. The fourth-order valence-electron chi connectivity index (χ4n) is 1.08. The maximum atomic E-state index is 3.98. The normalized spacial score (nSPS) is 10.0. The summed E-state index contributed by atoms with van der Waals surface area (Å²) in [6, 6.07) is 8.11. The maximum absolute atomic E-state index is 3.98. The molecule has 0 aliphatic carbocycles. The minimum atomic E-state index is 0.979. The lowest BCUT2D eigenvalue weighted by Gasteiger charge is -2.00. The Morgan fingerprint density at radius 1 is 0.857 bits per heavy atom. The number of nitrogens with zero attached hydrogens (tertiary/aromatic N) is 2. The molecule has 0 aliphatic rings. The molecule has 0 unspecified atom stereocenters. The SMILES string of the molecule is c1cc(CSc2ccncc2)ccn1. The van der Waals surface area contributed by atoms with Gasteiger partial charge >= 0.3 is 0 Å². The highest BCUT2D eigenvalue weighted by Gasteiger charge is 1.94. The van der Waals surface area contributed by atoms with E-state index in [1.54, 1.807) is 11.8 Å². The lowest BCUT2D eigenvalue weighted by molar-refractivity contribution is 1.25. The molecular weight excluding hydrogens is 192 g/mol. The van der Waals surface area contributed by atoms with Gasteiger partial charge in [-0.25, -0.2) is 0 Å². The Morgan fingerprint density at radius 2 is 1.43 bits per heavy atom. The third-order valence-corrected chi connectivity index (χ3v) is 2.89. The van der Waals surface area contributed by atoms with Crippen molar-refractivity contribution in [1.82, 2.24) is 9.97 Å². The van der Waals surface area contributed by atoms with Gasteiger partial charge in [0.15, 0.2) is 0 Å². The average molecular weight is 202 g/mol. The lowest BCUT2D eigenvalue weighted by atomic mass is 10.3. The molecule has 2 rings (SSSR count). The van der Waals surface area contributed by atoms with Crippen LogP contribution in [0.25, 0.3) is 0 Å². The fraction of sp³-hybridized carbons (Fsp3) is 0.0909. The van der Waals surface area contributed by atoms with Gasteiger partial charge in [-0.1, -0.05) is 0 Å². The summed E-state index contributed by atoms with van der Waals surface area (Å²) in [6.07, 6.45) is 7.27. The van der Waals surface area contributed by atoms with E-state index in [0.717, 1.165) is 5.75 Å². The summed E-state index contributed by atoms with van der Waals surface area (Å²) in [7, 11) is 0. The van der Waals surface area contributed by atoms with Gasteiger partial charge in [0.1, 0.15) is 0 Å². The van der Waals surface area contributed by atoms with E-state index >= 15 is 0 Å². The summed E-state index contributed by atoms with van der Waals surface area (Å²) >= 11 is 1.81. The highest BCUT2D eigenvalue weighted by atomic mass is 32.2. The molecule has 0 radical (unpaired) electrons. The first kappa shape index (κ1) is 9.21. The zero-order valence-electron chi connectivity index (χ0n) is 7.63. The van der Waals surface area contributed by atoms with E-state index in [2.05, 4.69) is 9.97 Å². The van der Waals surface area contributed by atoms with Crippen molar-refractivity contribution in [2.75, 3.05) is 0 Å². The van der Waals surface area contributed by atoms with Crippen LogP contribution in [0.5, 0.6) is 0 Å². The third-order valence-electron chi connectivity index (χ3n) is 1.80. The molecular formula is C11H10N2S. The number of pyridine rings is 2. The molecule has 0 aromatic carbocycles. The molecule has 2 aromatic heterocycles. The minimum absolute atomic E-state index is 0.979. The van der Waals surface area contributed by atoms with Crippen molar-refractivity contribution in [3.63, 3.8) is 0 Å². The highest BCUT2D eigenvalue weighted by molar-refractivity contribution is 7.98. The molecule has 0 fully saturated rings. The van der Waals surface area contributed by atoms with Gasteiger partial charge in [0.25, 0.3) is 0 Å². The number of rotatable bonds is 3. The first-order valence-corrected chi connectivity index (χ1v) is 5.35. The van der Waals surface area contributed by atoms with Gasteiger partial charge in [-0.05, 0) is 29.8 Å². The molecule has 2 heterocycles. The second kappa shape index (κ2) is 4.77. The Morgan fingerprint density at radius 3 is 2.07 bits per heavy atom. The summed E-state index contributed by atoms with van der Waals surface area (Å²) in [4.78, 5) is 9.21. The van der Waals surface area contributed by atoms with Gasteiger partial charge in [0, 0.05) is 35.4 Å². The smallest absolute Gasteiger partial charge is 0.0278 e. The van der Waals surface area contributed by atoms with Crippen LogP contribution in [-0.2, 0) is 5.75 Å². The molecule has 0 N–H and O–H groups in total. The molecule has 2 nitrogen and oxygen atoms in total. The van der Waals surface area contributed by atoms with Crippen LogP contribution in [0.15, 0.2) is 53.9 Å². The Balaban J connectivity index is 1.96. The molecule has 0 spiro atoms.